The monoisotopic (exact) mass is 518 g/mol. The second-order valence-electron chi connectivity index (χ2n) is 8.85. The Hall–Kier alpha value is -4.44. The zero-order valence-corrected chi connectivity index (χ0v) is 21.8. The van der Waals surface area contributed by atoms with Crippen molar-refractivity contribution in [3.05, 3.63) is 92.5 Å². The number of carbonyl (C=O) groups excluding carboxylic acids is 1. The molecule has 1 atom stereocenters. The summed E-state index contributed by atoms with van der Waals surface area (Å²) in [5, 5.41) is 15.2. The Kier molecular flexibility index (Phi) is 8.22. The molecule has 0 bridgehead atoms. The van der Waals surface area contributed by atoms with Gasteiger partial charge in [0.25, 0.3) is 11.6 Å². The maximum absolute atomic E-state index is 12.4. The molecule has 3 aromatic carbocycles. The van der Waals surface area contributed by atoms with E-state index < -0.39 is 10.8 Å². The highest BCUT2D eigenvalue weighted by atomic mass is 16.6. The minimum Gasteiger partial charge on any atom is -0.496 e. The second-order valence-corrected chi connectivity index (χ2v) is 8.85. The lowest BCUT2D eigenvalue weighted by molar-refractivity contribution is -0.385. The Morgan fingerprint density at radius 2 is 1.79 bits per heavy atom. The molecule has 1 amide bonds. The van der Waals surface area contributed by atoms with Crippen LogP contribution in [0, 0.1) is 10.1 Å². The van der Waals surface area contributed by atoms with Crippen LogP contribution in [0.25, 0.3) is 0 Å². The van der Waals surface area contributed by atoms with Crippen LogP contribution in [-0.2, 0) is 13.0 Å². The molecule has 0 aromatic heterocycles. The van der Waals surface area contributed by atoms with Crippen molar-refractivity contribution in [3.8, 4) is 17.2 Å². The summed E-state index contributed by atoms with van der Waals surface area (Å²) in [6.45, 7) is 3.67. The van der Waals surface area contributed by atoms with E-state index in [1.807, 2.05) is 24.3 Å². The topological polar surface area (TPSA) is 116 Å². The van der Waals surface area contributed by atoms with Crippen molar-refractivity contribution in [1.82, 2.24) is 10.3 Å². The standard InChI is InChI=1S/C28H30N4O6/c1-18-23-15-27(38-4)26(37-3)14-20(23)11-12-31(18)17-21-13-19(9-10-25(21)36-2)16-29-30-28(33)22-7-5-6-8-24(22)32(34)35/h5-10,13-16,18H,11-12,17H2,1-4H3,(H,30,33)/b29-16-/t18-/m1/s1. The number of nitrogens with zero attached hydrogens (tertiary/aromatic N) is 3. The molecule has 10 nitrogen and oxygen atoms in total. The summed E-state index contributed by atoms with van der Waals surface area (Å²) in [6, 6.07) is 15.6. The van der Waals surface area contributed by atoms with Crippen molar-refractivity contribution in [2.75, 3.05) is 27.9 Å². The Morgan fingerprint density at radius 1 is 1.08 bits per heavy atom. The molecule has 0 unspecified atom stereocenters. The van der Waals surface area contributed by atoms with E-state index in [0.717, 1.165) is 35.6 Å². The number of carbonyl (C=O) groups is 1. The van der Waals surface area contributed by atoms with Crippen LogP contribution >= 0.6 is 0 Å². The summed E-state index contributed by atoms with van der Waals surface area (Å²) in [6.07, 6.45) is 2.38. The number of methoxy groups -OCH3 is 3. The van der Waals surface area contributed by atoms with Gasteiger partial charge in [0.05, 0.1) is 32.5 Å². The molecule has 0 aliphatic carbocycles. The molecule has 0 saturated carbocycles. The normalized spacial score (nSPS) is 15.1. The van der Waals surface area contributed by atoms with Crippen molar-refractivity contribution in [2.24, 2.45) is 5.10 Å². The number of nitro benzene ring substituents is 1. The Bertz CT molecular complexity index is 1370. The maximum Gasteiger partial charge on any atom is 0.282 e. The summed E-state index contributed by atoms with van der Waals surface area (Å²) in [5.74, 6) is 1.53. The molecular weight excluding hydrogens is 488 g/mol. The fourth-order valence-corrected chi connectivity index (χ4v) is 4.68. The number of benzene rings is 3. The van der Waals surface area contributed by atoms with Crippen LogP contribution in [0.3, 0.4) is 0 Å². The Labute approximate surface area is 221 Å². The zero-order chi connectivity index (χ0) is 27.2. The average molecular weight is 519 g/mol. The van der Waals surface area contributed by atoms with E-state index >= 15 is 0 Å². The predicted octanol–water partition coefficient (Wildman–Crippen LogP) is 4.50. The molecular formula is C28H30N4O6. The summed E-state index contributed by atoms with van der Waals surface area (Å²) >= 11 is 0. The van der Waals surface area contributed by atoms with Crippen LogP contribution in [0.4, 0.5) is 5.69 Å². The number of para-hydroxylation sites is 1. The van der Waals surface area contributed by atoms with Crippen molar-refractivity contribution >= 4 is 17.8 Å². The number of amides is 1. The number of nitro groups is 1. The highest BCUT2D eigenvalue weighted by Gasteiger charge is 2.27. The molecule has 10 heteroatoms. The number of nitrogens with one attached hydrogen (secondary N) is 1. The molecule has 1 heterocycles. The van der Waals surface area contributed by atoms with Gasteiger partial charge in [0.15, 0.2) is 11.5 Å². The SMILES string of the molecule is COc1ccc(/C=N\NC(=O)c2ccccc2[N+](=O)[O-])cc1CN1CCc2cc(OC)c(OC)cc2[C@H]1C. The Morgan fingerprint density at radius 3 is 2.50 bits per heavy atom. The van der Waals surface area contributed by atoms with Gasteiger partial charge in [-0.25, -0.2) is 5.43 Å². The molecule has 1 aliphatic heterocycles. The third-order valence-electron chi connectivity index (χ3n) is 6.71. The van der Waals surface area contributed by atoms with Gasteiger partial charge >= 0.3 is 0 Å². The highest BCUT2D eigenvalue weighted by molar-refractivity contribution is 5.98. The first-order valence-corrected chi connectivity index (χ1v) is 12.1. The molecule has 0 spiro atoms. The van der Waals surface area contributed by atoms with E-state index in [4.69, 9.17) is 14.2 Å². The van der Waals surface area contributed by atoms with Crippen molar-refractivity contribution < 1.29 is 23.9 Å². The lowest BCUT2D eigenvalue weighted by atomic mass is 9.92. The summed E-state index contributed by atoms with van der Waals surface area (Å²) < 4.78 is 16.6. The van der Waals surface area contributed by atoms with Crippen LogP contribution in [0.1, 0.15) is 45.6 Å². The molecule has 198 valence electrons. The molecule has 1 N–H and O–H groups in total. The van der Waals surface area contributed by atoms with Gasteiger partial charge < -0.3 is 14.2 Å². The molecule has 3 aromatic rings. The average Bonchev–Trinajstić information content (AvgIpc) is 2.94. The number of hydrogen-bond acceptors (Lipinski definition) is 8. The molecule has 0 radical (unpaired) electrons. The molecule has 0 saturated heterocycles. The lowest BCUT2D eigenvalue weighted by Gasteiger charge is -2.36. The van der Waals surface area contributed by atoms with Gasteiger partial charge in [0.2, 0.25) is 0 Å². The van der Waals surface area contributed by atoms with E-state index in [2.05, 4.69) is 28.4 Å². The first-order chi connectivity index (χ1) is 18.4. The zero-order valence-electron chi connectivity index (χ0n) is 21.8. The molecule has 0 fully saturated rings. The highest BCUT2D eigenvalue weighted by Crippen LogP contribution is 2.39. The minimum atomic E-state index is -0.657. The van der Waals surface area contributed by atoms with E-state index in [0.29, 0.717) is 12.3 Å². The minimum absolute atomic E-state index is 0.0568. The largest absolute Gasteiger partial charge is 0.496 e. The van der Waals surface area contributed by atoms with Crippen LogP contribution in [-0.4, -0.2) is 49.8 Å². The number of hydrogen-bond donors (Lipinski definition) is 1. The molecule has 38 heavy (non-hydrogen) atoms. The van der Waals surface area contributed by atoms with Crippen molar-refractivity contribution in [2.45, 2.75) is 25.9 Å². The predicted molar refractivity (Wildman–Crippen MR) is 143 cm³/mol. The van der Waals surface area contributed by atoms with Crippen molar-refractivity contribution in [1.29, 1.82) is 0 Å². The number of rotatable bonds is 9. The summed E-state index contributed by atoms with van der Waals surface area (Å²) in [7, 11) is 4.91. The second kappa shape index (κ2) is 11.7. The van der Waals surface area contributed by atoms with Gasteiger partial charge in [0.1, 0.15) is 11.3 Å². The molecule has 1 aliphatic rings. The van der Waals surface area contributed by atoms with Crippen LogP contribution in [0.15, 0.2) is 59.7 Å². The van der Waals surface area contributed by atoms with Crippen LogP contribution in [0.2, 0.25) is 0 Å². The summed E-state index contributed by atoms with van der Waals surface area (Å²) in [5.41, 5.74) is 6.20. The quantitative estimate of drug-likeness (QED) is 0.252. The number of fused-ring (bicyclic) bond motifs is 1. The van der Waals surface area contributed by atoms with E-state index in [1.165, 1.54) is 35.5 Å². The Balaban J connectivity index is 1.50. The smallest absolute Gasteiger partial charge is 0.282 e. The van der Waals surface area contributed by atoms with Crippen LogP contribution in [0.5, 0.6) is 17.2 Å². The first-order valence-electron chi connectivity index (χ1n) is 12.1. The van der Waals surface area contributed by atoms with E-state index in [1.54, 1.807) is 27.4 Å². The fourth-order valence-electron chi connectivity index (χ4n) is 4.68. The maximum atomic E-state index is 12.4. The first kappa shape index (κ1) is 26.6. The third kappa shape index (κ3) is 5.60. The lowest BCUT2D eigenvalue weighted by Crippen LogP contribution is -2.33. The number of ether oxygens (including phenoxy) is 3. The van der Waals surface area contributed by atoms with Gasteiger partial charge in [0, 0.05) is 30.8 Å². The molecule has 4 rings (SSSR count). The van der Waals surface area contributed by atoms with Gasteiger partial charge in [-0.05, 0) is 66.4 Å². The van der Waals surface area contributed by atoms with E-state index in [9.17, 15) is 14.9 Å². The fraction of sp³-hybridized carbons (Fsp3) is 0.286. The third-order valence-corrected chi connectivity index (χ3v) is 6.71. The van der Waals surface area contributed by atoms with Gasteiger partial charge in [-0.3, -0.25) is 19.8 Å². The van der Waals surface area contributed by atoms with Crippen LogP contribution < -0.4 is 19.6 Å². The van der Waals surface area contributed by atoms with Gasteiger partial charge in [-0.2, -0.15) is 5.10 Å². The summed E-state index contributed by atoms with van der Waals surface area (Å²) in [4.78, 5) is 25.4. The number of hydrazone groups is 1. The van der Waals surface area contributed by atoms with Crippen molar-refractivity contribution in [3.63, 3.8) is 0 Å². The van der Waals surface area contributed by atoms with Gasteiger partial charge in [-0.1, -0.05) is 12.1 Å². The van der Waals surface area contributed by atoms with Gasteiger partial charge in [-0.15, -0.1) is 0 Å². The van der Waals surface area contributed by atoms with E-state index in [-0.39, 0.29) is 17.3 Å².